The van der Waals surface area contributed by atoms with E-state index in [-0.39, 0.29) is 18.5 Å². The number of sulfonamides is 1. The molecule has 1 aliphatic carbocycles. The summed E-state index contributed by atoms with van der Waals surface area (Å²) in [5.74, 6) is -0.744. The van der Waals surface area contributed by atoms with Crippen LogP contribution in [0.5, 0.6) is 0 Å². The topological polar surface area (TPSA) is 86.8 Å². The molecule has 3 rings (SSSR count). The summed E-state index contributed by atoms with van der Waals surface area (Å²) < 4.78 is 27.1. The molecule has 1 N–H and O–H groups in total. The molecule has 0 spiro atoms. The number of carbonyl (C=O) groups is 2. The van der Waals surface area contributed by atoms with Crippen molar-refractivity contribution in [2.75, 3.05) is 17.1 Å². The second-order valence-electron chi connectivity index (χ2n) is 8.93. The summed E-state index contributed by atoms with van der Waals surface area (Å²) in [5.41, 5.74) is 1.02. The van der Waals surface area contributed by atoms with Crippen LogP contribution in [0.3, 0.4) is 0 Å². The molecule has 1 aliphatic rings. The predicted molar refractivity (Wildman–Crippen MR) is 148 cm³/mol. The van der Waals surface area contributed by atoms with E-state index >= 15 is 0 Å². The Morgan fingerprint density at radius 3 is 2.39 bits per heavy atom. The summed E-state index contributed by atoms with van der Waals surface area (Å²) in [6.07, 6.45) is 5.35. The molecular formula is C25H30BrCl2N3O4S. The van der Waals surface area contributed by atoms with Crippen LogP contribution in [-0.2, 0) is 26.2 Å². The van der Waals surface area contributed by atoms with E-state index in [9.17, 15) is 18.0 Å². The number of halogens is 3. The fourth-order valence-electron chi connectivity index (χ4n) is 4.37. The summed E-state index contributed by atoms with van der Waals surface area (Å²) in [4.78, 5) is 28.5. The lowest BCUT2D eigenvalue weighted by atomic mass is 10.1. The first-order valence-electron chi connectivity index (χ1n) is 11.8. The van der Waals surface area contributed by atoms with Gasteiger partial charge >= 0.3 is 0 Å². The Kier molecular flexibility index (Phi) is 10.1. The number of nitrogens with one attached hydrogen (secondary N) is 1. The van der Waals surface area contributed by atoms with Crippen molar-refractivity contribution in [2.45, 2.75) is 57.7 Å². The zero-order valence-electron chi connectivity index (χ0n) is 20.2. The first-order valence-corrected chi connectivity index (χ1v) is 15.2. The molecule has 11 heteroatoms. The minimum atomic E-state index is -3.79. The van der Waals surface area contributed by atoms with E-state index in [1.807, 2.05) is 6.92 Å². The van der Waals surface area contributed by atoms with E-state index in [0.717, 1.165) is 36.2 Å². The maximum absolute atomic E-state index is 13.7. The normalized spacial score (nSPS) is 14.9. The molecule has 1 saturated carbocycles. The molecule has 1 fully saturated rings. The number of benzene rings is 2. The second kappa shape index (κ2) is 12.6. The van der Waals surface area contributed by atoms with E-state index in [1.165, 1.54) is 4.90 Å². The zero-order chi connectivity index (χ0) is 26.5. The van der Waals surface area contributed by atoms with Crippen LogP contribution in [0.4, 0.5) is 5.69 Å². The molecule has 0 bridgehead atoms. The Bertz CT molecular complexity index is 1210. The van der Waals surface area contributed by atoms with Gasteiger partial charge in [0.25, 0.3) is 0 Å². The maximum Gasteiger partial charge on any atom is 0.244 e. The van der Waals surface area contributed by atoms with Gasteiger partial charge in [-0.15, -0.1) is 0 Å². The minimum absolute atomic E-state index is 0.0718. The number of rotatable bonds is 10. The van der Waals surface area contributed by atoms with Crippen LogP contribution in [-0.4, -0.2) is 50.0 Å². The lowest BCUT2D eigenvalue weighted by Gasteiger charge is -2.33. The van der Waals surface area contributed by atoms with E-state index in [0.29, 0.717) is 32.2 Å². The van der Waals surface area contributed by atoms with Crippen LogP contribution < -0.4 is 9.62 Å². The molecule has 2 aromatic carbocycles. The fraction of sp³-hybridized carbons (Fsp3) is 0.440. The molecule has 0 saturated heterocycles. The highest BCUT2D eigenvalue weighted by molar-refractivity contribution is 9.10. The zero-order valence-corrected chi connectivity index (χ0v) is 24.1. The lowest BCUT2D eigenvalue weighted by Crippen LogP contribution is -2.53. The lowest BCUT2D eigenvalue weighted by molar-refractivity contribution is -0.140. The van der Waals surface area contributed by atoms with Gasteiger partial charge in [-0.2, -0.15) is 0 Å². The highest BCUT2D eigenvalue weighted by atomic mass is 79.9. The third kappa shape index (κ3) is 7.60. The van der Waals surface area contributed by atoms with Gasteiger partial charge in [0, 0.05) is 17.1 Å². The highest BCUT2D eigenvalue weighted by Crippen LogP contribution is 2.26. The van der Waals surface area contributed by atoms with Crippen LogP contribution in [0.25, 0.3) is 0 Å². The van der Waals surface area contributed by atoms with Crippen molar-refractivity contribution < 1.29 is 18.0 Å². The van der Waals surface area contributed by atoms with Crippen molar-refractivity contribution in [3.05, 3.63) is 62.5 Å². The molecule has 0 aromatic heterocycles. The van der Waals surface area contributed by atoms with Gasteiger partial charge < -0.3 is 10.2 Å². The van der Waals surface area contributed by atoms with Crippen molar-refractivity contribution >= 4 is 66.7 Å². The number of carbonyl (C=O) groups excluding carboxylic acids is 2. The second-order valence-corrected chi connectivity index (χ2v) is 12.6. The van der Waals surface area contributed by atoms with Crippen molar-refractivity contribution in [2.24, 2.45) is 0 Å². The van der Waals surface area contributed by atoms with E-state index < -0.39 is 28.5 Å². The molecule has 0 aliphatic heterocycles. The number of hydrogen-bond donors (Lipinski definition) is 1. The Hall–Kier alpha value is -1.81. The van der Waals surface area contributed by atoms with Crippen LogP contribution in [0.2, 0.25) is 10.0 Å². The third-order valence-corrected chi connectivity index (χ3v) is 8.57. The van der Waals surface area contributed by atoms with Gasteiger partial charge in [0.05, 0.1) is 22.0 Å². The van der Waals surface area contributed by atoms with Crippen molar-refractivity contribution in [1.29, 1.82) is 0 Å². The summed E-state index contributed by atoms with van der Waals surface area (Å²) in [5, 5.41) is 3.78. The fourth-order valence-corrected chi connectivity index (χ4v) is 5.92. The molecule has 36 heavy (non-hydrogen) atoms. The van der Waals surface area contributed by atoms with Gasteiger partial charge in [0.15, 0.2) is 0 Å². The van der Waals surface area contributed by atoms with Crippen LogP contribution >= 0.6 is 39.1 Å². The predicted octanol–water partition coefficient (Wildman–Crippen LogP) is 5.39. The van der Waals surface area contributed by atoms with Gasteiger partial charge in [-0.1, -0.05) is 71.0 Å². The van der Waals surface area contributed by atoms with Gasteiger partial charge in [-0.3, -0.25) is 13.9 Å². The standard InChI is InChI=1S/C25H30BrCl2N3O4S/c1-3-23(25(33)29-19-8-4-5-9-19)30(15-17-11-12-21(27)22(28)13-17)24(32)16-31(36(2,34)35)20-10-6-7-18(26)14-20/h6-7,10-14,19,23H,3-5,8-9,15-16H2,1-2H3,(H,29,33)/t23-/m0/s1. The first-order chi connectivity index (χ1) is 17.0. The van der Waals surface area contributed by atoms with Crippen molar-refractivity contribution in [1.82, 2.24) is 10.2 Å². The molecule has 7 nitrogen and oxygen atoms in total. The number of amides is 2. The van der Waals surface area contributed by atoms with Gasteiger partial charge in [-0.05, 0) is 55.2 Å². The number of hydrogen-bond acceptors (Lipinski definition) is 4. The highest BCUT2D eigenvalue weighted by Gasteiger charge is 2.33. The monoisotopic (exact) mass is 617 g/mol. The molecular weight excluding hydrogens is 589 g/mol. The summed E-state index contributed by atoms with van der Waals surface area (Å²) in [6, 6.07) is 11.0. The van der Waals surface area contributed by atoms with Gasteiger partial charge in [-0.25, -0.2) is 8.42 Å². The van der Waals surface area contributed by atoms with Crippen LogP contribution in [0, 0.1) is 0 Å². The van der Waals surface area contributed by atoms with Crippen molar-refractivity contribution in [3.63, 3.8) is 0 Å². The van der Waals surface area contributed by atoms with Crippen LogP contribution in [0.1, 0.15) is 44.6 Å². The number of anilines is 1. The molecule has 2 amide bonds. The average molecular weight is 619 g/mol. The minimum Gasteiger partial charge on any atom is -0.352 e. The van der Waals surface area contributed by atoms with E-state index in [1.54, 1.807) is 42.5 Å². The van der Waals surface area contributed by atoms with E-state index in [2.05, 4.69) is 21.2 Å². The summed E-state index contributed by atoms with van der Waals surface area (Å²) in [6.45, 7) is 1.45. The summed E-state index contributed by atoms with van der Waals surface area (Å²) >= 11 is 15.6. The SMILES string of the molecule is CC[C@@H](C(=O)NC1CCCC1)N(Cc1ccc(Cl)c(Cl)c1)C(=O)CN(c1cccc(Br)c1)S(C)(=O)=O. The van der Waals surface area contributed by atoms with Crippen molar-refractivity contribution in [3.8, 4) is 0 Å². The molecule has 0 unspecified atom stereocenters. The summed E-state index contributed by atoms with van der Waals surface area (Å²) in [7, 11) is -3.79. The maximum atomic E-state index is 13.7. The molecule has 2 aromatic rings. The largest absolute Gasteiger partial charge is 0.352 e. The van der Waals surface area contributed by atoms with Gasteiger partial charge in [0.1, 0.15) is 12.6 Å². The molecule has 1 atom stereocenters. The quantitative estimate of drug-likeness (QED) is 0.387. The third-order valence-electron chi connectivity index (χ3n) is 6.20. The number of nitrogens with zero attached hydrogens (tertiary/aromatic N) is 2. The molecule has 0 heterocycles. The Morgan fingerprint density at radius 1 is 1.11 bits per heavy atom. The first kappa shape index (κ1) is 28.8. The Morgan fingerprint density at radius 2 is 1.81 bits per heavy atom. The van der Waals surface area contributed by atoms with Gasteiger partial charge in [0.2, 0.25) is 21.8 Å². The average Bonchev–Trinajstić information content (AvgIpc) is 3.31. The Balaban J connectivity index is 1.94. The molecule has 0 radical (unpaired) electrons. The smallest absolute Gasteiger partial charge is 0.244 e. The Labute approximate surface area is 231 Å². The van der Waals surface area contributed by atoms with E-state index in [4.69, 9.17) is 23.2 Å². The molecule has 196 valence electrons. The van der Waals surface area contributed by atoms with Crippen LogP contribution in [0.15, 0.2) is 46.9 Å².